The zero-order chi connectivity index (χ0) is 22.8. The Hall–Kier alpha value is -3.10. The van der Waals surface area contributed by atoms with Crippen LogP contribution in [0.5, 0.6) is 0 Å². The third-order valence-corrected chi connectivity index (χ3v) is 6.66. The van der Waals surface area contributed by atoms with Crippen molar-refractivity contribution >= 4 is 23.4 Å². The number of hydrogen-bond acceptors (Lipinski definition) is 8. The summed E-state index contributed by atoms with van der Waals surface area (Å²) in [6.45, 7) is 6.94. The quantitative estimate of drug-likeness (QED) is 0.318. The minimum absolute atomic E-state index is 0.329. The molecule has 0 radical (unpaired) electrons. The summed E-state index contributed by atoms with van der Waals surface area (Å²) in [5.41, 5.74) is 2.13. The highest BCUT2D eigenvalue weighted by molar-refractivity contribution is 5.59. The Morgan fingerprint density at radius 1 is 1.06 bits per heavy atom. The predicted molar refractivity (Wildman–Crippen MR) is 129 cm³/mol. The molecular formula is C24H34N8O. The molecule has 2 aliphatic rings. The van der Waals surface area contributed by atoms with Crippen LogP contribution in [0, 0.1) is 5.92 Å². The van der Waals surface area contributed by atoms with Crippen molar-refractivity contribution in [2.45, 2.75) is 83.7 Å². The predicted octanol–water partition coefficient (Wildman–Crippen LogP) is 5.53. The Balaban J connectivity index is 1.31. The van der Waals surface area contributed by atoms with Crippen LogP contribution in [0.25, 0.3) is 0 Å². The SMILES string of the molecule is CCC1CCC(Nc2cc(Nc3cc(C4CC4)[nH]n3)nc(NCc3cc(C(C)C)no3)n2)C1. The summed E-state index contributed by atoms with van der Waals surface area (Å²) >= 11 is 0. The van der Waals surface area contributed by atoms with Crippen molar-refractivity contribution in [1.82, 2.24) is 25.3 Å². The van der Waals surface area contributed by atoms with Gasteiger partial charge in [0.1, 0.15) is 11.6 Å². The number of nitrogens with one attached hydrogen (secondary N) is 4. The Kier molecular flexibility index (Phi) is 6.20. The van der Waals surface area contributed by atoms with Gasteiger partial charge in [-0.3, -0.25) is 5.10 Å². The summed E-state index contributed by atoms with van der Waals surface area (Å²) in [6, 6.07) is 6.46. The maximum absolute atomic E-state index is 5.45. The number of hydrogen-bond donors (Lipinski definition) is 4. The Morgan fingerprint density at radius 3 is 2.64 bits per heavy atom. The lowest BCUT2D eigenvalue weighted by Gasteiger charge is -2.16. The van der Waals surface area contributed by atoms with Gasteiger partial charge in [0.25, 0.3) is 0 Å². The summed E-state index contributed by atoms with van der Waals surface area (Å²) in [6.07, 6.45) is 7.34. The van der Waals surface area contributed by atoms with Crippen molar-refractivity contribution in [2.24, 2.45) is 5.92 Å². The molecule has 3 aromatic heterocycles. The molecule has 0 aromatic carbocycles. The number of anilines is 4. The third kappa shape index (κ3) is 5.46. The molecule has 3 aromatic rings. The van der Waals surface area contributed by atoms with Gasteiger partial charge in [0.2, 0.25) is 5.95 Å². The molecule has 9 heteroatoms. The molecule has 0 aliphatic heterocycles. The summed E-state index contributed by atoms with van der Waals surface area (Å²) in [4.78, 5) is 9.40. The minimum atomic E-state index is 0.329. The fourth-order valence-corrected chi connectivity index (χ4v) is 4.44. The van der Waals surface area contributed by atoms with E-state index in [9.17, 15) is 0 Å². The lowest BCUT2D eigenvalue weighted by Crippen LogP contribution is -2.17. The van der Waals surface area contributed by atoms with Gasteiger partial charge in [-0.05, 0) is 43.9 Å². The van der Waals surface area contributed by atoms with E-state index in [2.05, 4.69) is 63.1 Å². The molecule has 0 amide bonds. The van der Waals surface area contributed by atoms with E-state index in [1.54, 1.807) is 0 Å². The van der Waals surface area contributed by atoms with Gasteiger partial charge in [-0.25, -0.2) is 0 Å². The van der Waals surface area contributed by atoms with Gasteiger partial charge in [0, 0.05) is 35.9 Å². The van der Waals surface area contributed by atoms with E-state index in [0.29, 0.717) is 36.2 Å². The zero-order valence-electron chi connectivity index (χ0n) is 19.7. The van der Waals surface area contributed by atoms with Crippen LogP contribution in [0.2, 0.25) is 0 Å². The van der Waals surface area contributed by atoms with Crippen LogP contribution in [0.15, 0.2) is 22.7 Å². The van der Waals surface area contributed by atoms with Crippen molar-refractivity contribution < 1.29 is 4.52 Å². The molecular weight excluding hydrogens is 416 g/mol. The Morgan fingerprint density at radius 2 is 1.91 bits per heavy atom. The van der Waals surface area contributed by atoms with E-state index in [0.717, 1.165) is 29.0 Å². The second-order valence-corrected chi connectivity index (χ2v) is 9.72. The standard InChI is InChI=1S/C24H34N8O/c1-4-15-5-8-17(9-15)26-21-12-22(27-23-11-20(30-31-23)16-6-7-16)29-24(28-21)25-13-18-10-19(14(2)3)32-33-18/h10-12,14-17H,4-9,13H2,1-3H3,(H4,25,26,27,28,29,30,31). The van der Waals surface area contributed by atoms with Gasteiger partial charge >= 0.3 is 0 Å². The highest BCUT2D eigenvalue weighted by atomic mass is 16.5. The van der Waals surface area contributed by atoms with Crippen LogP contribution in [0.1, 0.15) is 88.3 Å². The van der Waals surface area contributed by atoms with Crippen LogP contribution < -0.4 is 16.0 Å². The molecule has 2 aliphatic carbocycles. The molecule has 4 N–H and O–H groups in total. The highest BCUT2D eigenvalue weighted by Crippen LogP contribution is 2.39. The molecule has 176 valence electrons. The van der Waals surface area contributed by atoms with Gasteiger partial charge in [0.05, 0.1) is 12.2 Å². The number of aromatic nitrogens is 5. The molecule has 0 spiro atoms. The minimum Gasteiger partial charge on any atom is -0.367 e. The van der Waals surface area contributed by atoms with Gasteiger partial charge in [-0.1, -0.05) is 32.3 Å². The second kappa shape index (κ2) is 9.41. The zero-order valence-corrected chi connectivity index (χ0v) is 19.7. The van der Waals surface area contributed by atoms with Crippen LogP contribution in [0.3, 0.4) is 0 Å². The maximum atomic E-state index is 5.45. The smallest absolute Gasteiger partial charge is 0.227 e. The molecule has 2 atom stereocenters. The van der Waals surface area contributed by atoms with Crippen molar-refractivity contribution in [2.75, 3.05) is 16.0 Å². The lowest BCUT2D eigenvalue weighted by atomic mass is 10.1. The van der Waals surface area contributed by atoms with E-state index in [-0.39, 0.29) is 0 Å². The van der Waals surface area contributed by atoms with Crippen LogP contribution >= 0.6 is 0 Å². The van der Waals surface area contributed by atoms with Crippen LogP contribution in [-0.4, -0.2) is 31.4 Å². The van der Waals surface area contributed by atoms with Crippen LogP contribution in [-0.2, 0) is 6.54 Å². The fraction of sp³-hybridized carbons (Fsp3) is 0.583. The maximum Gasteiger partial charge on any atom is 0.227 e. The summed E-state index contributed by atoms with van der Waals surface area (Å²) in [5.74, 6) is 5.34. The first-order chi connectivity index (χ1) is 16.1. The first-order valence-electron chi connectivity index (χ1n) is 12.2. The van der Waals surface area contributed by atoms with E-state index in [1.807, 2.05) is 12.1 Å². The fourth-order valence-electron chi connectivity index (χ4n) is 4.44. The van der Waals surface area contributed by atoms with E-state index < -0.39 is 0 Å². The van der Waals surface area contributed by atoms with Crippen molar-refractivity contribution in [3.05, 3.63) is 35.3 Å². The topological polar surface area (TPSA) is 117 Å². The van der Waals surface area contributed by atoms with Gasteiger partial charge < -0.3 is 20.5 Å². The monoisotopic (exact) mass is 450 g/mol. The van der Waals surface area contributed by atoms with Gasteiger partial charge in [-0.15, -0.1) is 0 Å². The molecule has 2 unspecified atom stereocenters. The summed E-state index contributed by atoms with van der Waals surface area (Å²) < 4.78 is 5.45. The molecule has 3 heterocycles. The van der Waals surface area contributed by atoms with Crippen LogP contribution in [0.4, 0.5) is 23.4 Å². The highest BCUT2D eigenvalue weighted by Gasteiger charge is 2.26. The number of aromatic amines is 1. The number of nitrogens with zero attached hydrogens (tertiary/aromatic N) is 4. The lowest BCUT2D eigenvalue weighted by molar-refractivity contribution is 0.379. The van der Waals surface area contributed by atoms with Gasteiger partial charge in [-0.2, -0.15) is 15.1 Å². The average molecular weight is 451 g/mol. The Bertz CT molecular complexity index is 1070. The normalized spacial score (nSPS) is 20.4. The first kappa shape index (κ1) is 21.7. The first-order valence-corrected chi connectivity index (χ1v) is 12.2. The summed E-state index contributed by atoms with van der Waals surface area (Å²) in [7, 11) is 0. The number of H-pyrrole nitrogens is 1. The van der Waals surface area contributed by atoms with E-state index >= 15 is 0 Å². The summed E-state index contributed by atoms with van der Waals surface area (Å²) in [5, 5.41) is 21.9. The molecule has 0 bridgehead atoms. The molecule has 33 heavy (non-hydrogen) atoms. The molecule has 2 saturated carbocycles. The molecule has 5 rings (SSSR count). The number of rotatable bonds is 10. The largest absolute Gasteiger partial charge is 0.367 e. The average Bonchev–Trinajstić information content (AvgIpc) is 3.17. The van der Waals surface area contributed by atoms with E-state index in [1.165, 1.54) is 44.2 Å². The Labute approximate surface area is 194 Å². The van der Waals surface area contributed by atoms with Crippen molar-refractivity contribution in [3.8, 4) is 0 Å². The molecule has 9 nitrogen and oxygen atoms in total. The van der Waals surface area contributed by atoms with Crippen molar-refractivity contribution in [3.63, 3.8) is 0 Å². The third-order valence-electron chi connectivity index (χ3n) is 6.66. The molecule has 2 fully saturated rings. The van der Waals surface area contributed by atoms with Crippen molar-refractivity contribution in [1.29, 1.82) is 0 Å². The molecule has 0 saturated heterocycles. The van der Waals surface area contributed by atoms with E-state index in [4.69, 9.17) is 9.51 Å². The van der Waals surface area contributed by atoms with Gasteiger partial charge in [0.15, 0.2) is 11.6 Å². The second-order valence-electron chi connectivity index (χ2n) is 9.72.